The summed E-state index contributed by atoms with van der Waals surface area (Å²) in [5.41, 5.74) is 9.28. The Balaban J connectivity index is 0.00000129. The molecule has 3 aromatic carbocycles. The summed E-state index contributed by atoms with van der Waals surface area (Å²) in [6.45, 7) is 12.0. The van der Waals surface area contributed by atoms with Crippen LogP contribution in [0.15, 0.2) is 66.7 Å². The van der Waals surface area contributed by atoms with Crippen LogP contribution in [0, 0.1) is 0 Å². The lowest BCUT2D eigenvalue weighted by Crippen LogP contribution is -1.89. The topological polar surface area (TPSA) is 0 Å². The first-order valence-electron chi connectivity index (χ1n) is 11.2. The van der Waals surface area contributed by atoms with E-state index >= 15 is 0 Å². The van der Waals surface area contributed by atoms with Gasteiger partial charge in [-0.1, -0.05) is 108 Å². The Hall–Kier alpha value is -1.05. The molecule has 30 heavy (non-hydrogen) atoms. The van der Waals surface area contributed by atoms with Crippen LogP contribution in [0.1, 0.15) is 58.2 Å². The largest absolute Gasteiger partial charge is 0.133 e. The zero-order valence-electron chi connectivity index (χ0n) is 19.7. The Bertz CT molecular complexity index is 824. The second-order valence-electron chi connectivity index (χ2n) is 5.87. The Morgan fingerprint density at radius 3 is 1.40 bits per heavy atom. The van der Waals surface area contributed by atoms with Gasteiger partial charge in [-0.25, -0.2) is 0 Å². The molecule has 0 bridgehead atoms. The Morgan fingerprint density at radius 1 is 0.467 bits per heavy atom. The van der Waals surface area contributed by atoms with Crippen molar-refractivity contribution in [1.82, 2.24) is 0 Å². The fourth-order valence-corrected chi connectivity index (χ4v) is 3.96. The standard InChI is InChI=1S/C21H23P3.3C2H6/c22-12-15-2-1-3-18(10-15)16-4-6-17(7-5-16)19-8-9-20(13-23)21(11-19)14-24;3*1-2/h1-11H,12-14,22-24H2;3*1-2H3. The zero-order chi connectivity index (χ0) is 22.9. The summed E-state index contributed by atoms with van der Waals surface area (Å²) in [7, 11) is 8.45. The molecular weight excluding hydrogens is 417 g/mol. The molecule has 0 saturated carbocycles. The van der Waals surface area contributed by atoms with E-state index in [1.54, 1.807) is 0 Å². The van der Waals surface area contributed by atoms with Crippen LogP contribution in [0.4, 0.5) is 0 Å². The smallest absolute Gasteiger partial charge is 0.0125 e. The molecule has 0 fully saturated rings. The van der Waals surface area contributed by atoms with Gasteiger partial charge in [0, 0.05) is 0 Å². The second-order valence-corrected chi connectivity index (χ2v) is 7.10. The Kier molecular flexibility index (Phi) is 17.0. The van der Waals surface area contributed by atoms with Crippen molar-refractivity contribution < 1.29 is 0 Å². The molecule has 3 aromatic rings. The monoisotopic (exact) mass is 458 g/mol. The fourth-order valence-electron chi connectivity index (χ4n) is 2.93. The van der Waals surface area contributed by atoms with Crippen LogP contribution < -0.4 is 0 Å². The van der Waals surface area contributed by atoms with Crippen molar-refractivity contribution in [2.24, 2.45) is 0 Å². The third kappa shape index (κ3) is 8.60. The van der Waals surface area contributed by atoms with E-state index in [-0.39, 0.29) is 0 Å². The molecule has 0 aliphatic carbocycles. The highest BCUT2D eigenvalue weighted by Gasteiger charge is 2.04. The van der Waals surface area contributed by atoms with Crippen LogP contribution in [0.5, 0.6) is 0 Å². The summed E-state index contributed by atoms with van der Waals surface area (Å²) in [6, 6.07) is 24.4. The minimum absolute atomic E-state index is 0.992. The van der Waals surface area contributed by atoms with Crippen molar-refractivity contribution in [2.45, 2.75) is 60.0 Å². The van der Waals surface area contributed by atoms with E-state index in [1.807, 2.05) is 41.5 Å². The van der Waals surface area contributed by atoms with Gasteiger partial charge in [0.05, 0.1) is 0 Å². The van der Waals surface area contributed by atoms with E-state index in [0.29, 0.717) is 0 Å². The van der Waals surface area contributed by atoms with Gasteiger partial charge in [-0.2, -0.15) is 0 Å². The van der Waals surface area contributed by atoms with Crippen molar-refractivity contribution in [2.75, 3.05) is 0 Å². The maximum absolute atomic E-state index is 2.84. The lowest BCUT2D eigenvalue weighted by molar-refractivity contribution is 1.28. The zero-order valence-corrected chi connectivity index (χ0v) is 23.2. The van der Waals surface area contributed by atoms with Crippen molar-refractivity contribution in [3.63, 3.8) is 0 Å². The number of hydrogen-bond donors (Lipinski definition) is 0. The van der Waals surface area contributed by atoms with E-state index in [2.05, 4.69) is 94.4 Å². The summed E-state index contributed by atoms with van der Waals surface area (Å²) < 4.78 is 0. The Labute approximate surface area is 193 Å². The average Bonchev–Trinajstić information content (AvgIpc) is 2.87. The molecule has 3 rings (SSSR count). The minimum atomic E-state index is 0.992. The summed E-state index contributed by atoms with van der Waals surface area (Å²) >= 11 is 0. The van der Waals surface area contributed by atoms with E-state index in [1.165, 1.54) is 38.9 Å². The highest BCUT2D eigenvalue weighted by molar-refractivity contribution is 7.16. The van der Waals surface area contributed by atoms with Crippen LogP contribution in [0.2, 0.25) is 0 Å². The van der Waals surface area contributed by atoms with Crippen molar-refractivity contribution >= 4 is 27.7 Å². The SMILES string of the molecule is CC.CC.CC.PCc1cccc(-c2ccc(-c3ccc(CP)c(CP)c3)cc2)c1. The van der Waals surface area contributed by atoms with Crippen molar-refractivity contribution in [3.8, 4) is 22.3 Å². The first kappa shape index (κ1) is 28.9. The van der Waals surface area contributed by atoms with E-state index in [9.17, 15) is 0 Å². The average molecular weight is 459 g/mol. The van der Waals surface area contributed by atoms with Crippen LogP contribution in [0.3, 0.4) is 0 Å². The molecule has 0 amide bonds. The highest BCUT2D eigenvalue weighted by Crippen LogP contribution is 2.28. The first-order valence-corrected chi connectivity index (χ1v) is 13.6. The number of rotatable bonds is 5. The van der Waals surface area contributed by atoms with Crippen LogP contribution in [-0.2, 0) is 18.5 Å². The van der Waals surface area contributed by atoms with Gasteiger partial charge in [-0.3, -0.25) is 0 Å². The maximum Gasteiger partial charge on any atom is -0.0125 e. The van der Waals surface area contributed by atoms with Gasteiger partial charge in [0.2, 0.25) is 0 Å². The molecule has 0 aromatic heterocycles. The number of benzene rings is 3. The molecule has 3 heteroatoms. The molecule has 164 valence electrons. The van der Waals surface area contributed by atoms with Gasteiger partial charge in [0.25, 0.3) is 0 Å². The summed E-state index contributed by atoms with van der Waals surface area (Å²) in [5, 5.41) is 0. The molecule has 0 N–H and O–H groups in total. The molecule has 3 unspecified atom stereocenters. The van der Waals surface area contributed by atoms with Crippen LogP contribution in [0.25, 0.3) is 22.3 Å². The second kappa shape index (κ2) is 17.6. The van der Waals surface area contributed by atoms with Crippen molar-refractivity contribution in [3.05, 3.63) is 83.4 Å². The van der Waals surface area contributed by atoms with Gasteiger partial charge in [-0.15, -0.1) is 27.7 Å². The minimum Gasteiger partial charge on any atom is -0.133 e. The molecular formula is C27H41P3. The predicted molar refractivity (Wildman–Crippen MR) is 152 cm³/mol. The third-order valence-electron chi connectivity index (χ3n) is 4.36. The predicted octanol–water partition coefficient (Wildman–Crippen LogP) is 9.22. The molecule has 0 nitrogen and oxygen atoms in total. The van der Waals surface area contributed by atoms with Crippen LogP contribution >= 0.6 is 27.7 Å². The first-order chi connectivity index (χ1) is 14.7. The Morgan fingerprint density at radius 2 is 0.933 bits per heavy atom. The third-order valence-corrected chi connectivity index (χ3v) is 5.71. The van der Waals surface area contributed by atoms with Crippen LogP contribution in [-0.4, -0.2) is 0 Å². The fraction of sp³-hybridized carbons (Fsp3) is 0.333. The molecule has 3 atom stereocenters. The maximum atomic E-state index is 2.84. The van der Waals surface area contributed by atoms with Gasteiger partial charge >= 0.3 is 0 Å². The highest BCUT2D eigenvalue weighted by atomic mass is 31.0. The lowest BCUT2D eigenvalue weighted by atomic mass is 9.97. The van der Waals surface area contributed by atoms with Gasteiger partial charge in [-0.05, 0) is 57.4 Å². The quantitative estimate of drug-likeness (QED) is 0.334. The summed E-state index contributed by atoms with van der Waals surface area (Å²) in [5.74, 6) is 0. The molecule has 0 saturated heterocycles. The molecule has 0 aliphatic rings. The molecule has 0 spiro atoms. The molecule has 0 radical (unpaired) electrons. The summed E-state index contributed by atoms with van der Waals surface area (Å²) in [6.07, 6.45) is 3.00. The van der Waals surface area contributed by atoms with Crippen molar-refractivity contribution in [1.29, 1.82) is 0 Å². The van der Waals surface area contributed by atoms with Gasteiger partial charge in [0.1, 0.15) is 0 Å². The van der Waals surface area contributed by atoms with E-state index < -0.39 is 0 Å². The van der Waals surface area contributed by atoms with E-state index in [4.69, 9.17) is 0 Å². The number of hydrogen-bond acceptors (Lipinski definition) is 0. The summed E-state index contributed by atoms with van der Waals surface area (Å²) in [4.78, 5) is 0. The normalized spacial score (nSPS) is 9.23. The molecule has 0 heterocycles. The van der Waals surface area contributed by atoms with E-state index in [0.717, 1.165) is 18.5 Å². The molecule has 0 aliphatic heterocycles. The van der Waals surface area contributed by atoms with Gasteiger partial charge in [0.15, 0.2) is 0 Å². The van der Waals surface area contributed by atoms with Gasteiger partial charge < -0.3 is 0 Å². The lowest BCUT2D eigenvalue weighted by Gasteiger charge is -2.10.